The predicted octanol–water partition coefficient (Wildman–Crippen LogP) is 1.40. The van der Waals surface area contributed by atoms with Crippen molar-refractivity contribution < 1.29 is 38.1 Å². The number of nitrogens with zero attached hydrogens (tertiary/aromatic N) is 1. The topological polar surface area (TPSA) is 92.8 Å². The Balaban J connectivity index is 1.94. The zero-order chi connectivity index (χ0) is 21.2. The monoisotopic (exact) mass is 409 g/mol. The van der Waals surface area contributed by atoms with Gasteiger partial charge in [0.1, 0.15) is 18.3 Å². The van der Waals surface area contributed by atoms with Crippen molar-refractivity contribution in [1.29, 1.82) is 0 Å². The minimum Gasteiger partial charge on any atom is -0.468 e. The Kier molecular flexibility index (Phi) is 6.55. The van der Waals surface area contributed by atoms with E-state index in [2.05, 4.69) is 0 Å². The van der Waals surface area contributed by atoms with Crippen LogP contribution in [0.4, 0.5) is 0 Å². The van der Waals surface area contributed by atoms with Gasteiger partial charge in [-0.3, -0.25) is 9.59 Å². The average Bonchev–Trinajstić information content (AvgIpc) is 3.15. The quantitative estimate of drug-likeness (QED) is 0.489. The Morgan fingerprint density at radius 3 is 2.38 bits per heavy atom. The van der Waals surface area contributed by atoms with E-state index in [9.17, 15) is 9.59 Å². The molecule has 0 N–H and O–H groups in total. The van der Waals surface area contributed by atoms with Crippen molar-refractivity contribution in [3.05, 3.63) is 35.9 Å². The average molecular weight is 409 g/mol. The Hall–Kier alpha value is -2.04. The molecule has 0 aliphatic carbocycles. The number of carbonyl (C=O) groups excluding carboxylic acids is 2. The van der Waals surface area contributed by atoms with Crippen molar-refractivity contribution in [3.8, 4) is 0 Å². The largest absolute Gasteiger partial charge is 0.468 e. The van der Waals surface area contributed by atoms with Gasteiger partial charge >= 0.3 is 11.9 Å². The van der Waals surface area contributed by atoms with E-state index >= 15 is 0 Å². The van der Waals surface area contributed by atoms with Crippen LogP contribution in [-0.2, 0) is 44.7 Å². The van der Waals surface area contributed by atoms with Gasteiger partial charge in [0, 0.05) is 14.0 Å². The molecule has 2 aliphatic rings. The molecule has 3 rings (SSSR count). The molecule has 0 radical (unpaired) electrons. The molecule has 0 saturated carbocycles. The molecule has 2 fully saturated rings. The number of hydroxylamine groups is 2. The number of hydrogen-bond acceptors (Lipinski definition) is 9. The maximum Gasteiger partial charge on any atom is 0.329 e. The van der Waals surface area contributed by atoms with Crippen LogP contribution >= 0.6 is 0 Å². The van der Waals surface area contributed by atoms with Gasteiger partial charge in [-0.15, -0.1) is 5.06 Å². The number of esters is 1. The molecule has 2 saturated heterocycles. The van der Waals surface area contributed by atoms with E-state index in [-0.39, 0.29) is 6.54 Å². The number of ether oxygens (including phenoxy) is 5. The normalized spacial score (nSPS) is 28.8. The van der Waals surface area contributed by atoms with E-state index in [1.807, 2.05) is 30.3 Å². The molecule has 0 unspecified atom stereocenters. The van der Waals surface area contributed by atoms with Crippen LogP contribution in [0.1, 0.15) is 26.3 Å². The number of carbonyl (C=O) groups is 2. The lowest BCUT2D eigenvalue weighted by Crippen LogP contribution is -2.54. The maximum absolute atomic E-state index is 12.8. The molecule has 2 heterocycles. The molecule has 0 amide bonds. The van der Waals surface area contributed by atoms with Crippen molar-refractivity contribution in [3.63, 3.8) is 0 Å². The van der Waals surface area contributed by atoms with Crippen LogP contribution in [0.3, 0.4) is 0 Å². The Bertz CT molecular complexity index is 724. The molecule has 160 valence electrons. The molecule has 29 heavy (non-hydrogen) atoms. The Labute approximate surface area is 169 Å². The SMILES string of the molecule is COC(=O)[C@H]([C@H]1O[C@@H](OC)[C@@H]2OC(C)(C)O[C@@H]21)N(Cc1ccccc1)OC(C)=O. The molecular formula is C20H27NO8. The molecule has 1 aromatic carbocycles. The summed E-state index contributed by atoms with van der Waals surface area (Å²) in [4.78, 5) is 30.0. The third kappa shape index (κ3) is 4.76. The molecule has 9 heteroatoms. The van der Waals surface area contributed by atoms with Gasteiger partial charge in [-0.1, -0.05) is 30.3 Å². The van der Waals surface area contributed by atoms with Crippen LogP contribution in [0.25, 0.3) is 0 Å². The zero-order valence-electron chi connectivity index (χ0n) is 17.2. The molecule has 0 bridgehead atoms. The number of benzene rings is 1. The highest BCUT2D eigenvalue weighted by molar-refractivity contribution is 5.77. The van der Waals surface area contributed by atoms with Gasteiger partial charge in [0.2, 0.25) is 0 Å². The first-order valence-corrected chi connectivity index (χ1v) is 9.36. The second-order valence-electron chi connectivity index (χ2n) is 7.38. The highest BCUT2D eigenvalue weighted by Gasteiger charge is 2.60. The number of methoxy groups -OCH3 is 2. The summed E-state index contributed by atoms with van der Waals surface area (Å²) >= 11 is 0. The smallest absolute Gasteiger partial charge is 0.329 e. The second-order valence-corrected chi connectivity index (χ2v) is 7.38. The minimum atomic E-state index is -1.09. The fourth-order valence-corrected chi connectivity index (χ4v) is 3.69. The molecule has 0 aromatic heterocycles. The fourth-order valence-electron chi connectivity index (χ4n) is 3.69. The summed E-state index contributed by atoms with van der Waals surface area (Å²) in [6, 6.07) is 8.21. The van der Waals surface area contributed by atoms with Crippen molar-refractivity contribution in [2.45, 2.75) is 63.7 Å². The van der Waals surface area contributed by atoms with Crippen LogP contribution in [0.15, 0.2) is 30.3 Å². The number of rotatable bonds is 7. The molecule has 1 aromatic rings. The van der Waals surface area contributed by atoms with Gasteiger partial charge in [0.25, 0.3) is 0 Å². The van der Waals surface area contributed by atoms with Crippen LogP contribution < -0.4 is 0 Å². The van der Waals surface area contributed by atoms with E-state index in [4.69, 9.17) is 28.5 Å². The first-order chi connectivity index (χ1) is 13.8. The van der Waals surface area contributed by atoms with Crippen molar-refractivity contribution in [2.75, 3.05) is 14.2 Å². The molecule has 0 spiro atoms. The van der Waals surface area contributed by atoms with Crippen LogP contribution in [-0.4, -0.2) is 67.7 Å². The number of hydrogen-bond donors (Lipinski definition) is 0. The van der Waals surface area contributed by atoms with Crippen LogP contribution in [0.5, 0.6) is 0 Å². The molecule has 2 aliphatic heterocycles. The summed E-state index contributed by atoms with van der Waals surface area (Å²) in [7, 11) is 2.75. The fraction of sp³-hybridized carbons (Fsp3) is 0.600. The summed E-state index contributed by atoms with van der Waals surface area (Å²) in [5.41, 5.74) is 0.837. The van der Waals surface area contributed by atoms with E-state index in [0.717, 1.165) is 5.56 Å². The Morgan fingerprint density at radius 2 is 1.79 bits per heavy atom. The van der Waals surface area contributed by atoms with Gasteiger partial charge < -0.3 is 28.5 Å². The Morgan fingerprint density at radius 1 is 1.14 bits per heavy atom. The first kappa shape index (κ1) is 21.7. The van der Waals surface area contributed by atoms with Crippen LogP contribution in [0.2, 0.25) is 0 Å². The minimum absolute atomic E-state index is 0.152. The third-order valence-corrected chi connectivity index (χ3v) is 4.77. The van der Waals surface area contributed by atoms with Gasteiger partial charge in [-0.25, -0.2) is 0 Å². The summed E-state index contributed by atoms with van der Waals surface area (Å²) < 4.78 is 28.2. The van der Waals surface area contributed by atoms with E-state index in [1.165, 1.54) is 26.2 Å². The predicted molar refractivity (Wildman–Crippen MR) is 99.1 cm³/mol. The molecular weight excluding hydrogens is 382 g/mol. The van der Waals surface area contributed by atoms with Crippen molar-refractivity contribution >= 4 is 11.9 Å². The van der Waals surface area contributed by atoms with Crippen LogP contribution in [0, 0.1) is 0 Å². The van der Waals surface area contributed by atoms with E-state index in [1.54, 1.807) is 13.8 Å². The lowest BCUT2D eigenvalue weighted by Gasteiger charge is -2.33. The highest BCUT2D eigenvalue weighted by Crippen LogP contribution is 2.41. The molecule has 5 atom stereocenters. The standard InChI is InChI=1S/C20H27NO8/c1-12(22)29-21(11-13-9-7-6-8-10-13)14(18(23)24-4)15-16-17(19(25-5)26-15)28-20(2,3)27-16/h6-10,14-17,19H,11H2,1-5H3/t14-,15+,16+,17+,19+/m0/s1. The van der Waals surface area contributed by atoms with E-state index < -0.39 is 48.4 Å². The van der Waals surface area contributed by atoms with Crippen molar-refractivity contribution in [1.82, 2.24) is 5.06 Å². The lowest BCUT2D eigenvalue weighted by atomic mass is 10.0. The second kappa shape index (κ2) is 8.76. The van der Waals surface area contributed by atoms with Gasteiger partial charge in [0.05, 0.1) is 13.7 Å². The number of fused-ring (bicyclic) bond motifs is 1. The molecule has 9 nitrogen and oxygen atoms in total. The summed E-state index contributed by atoms with van der Waals surface area (Å²) in [5.74, 6) is -2.08. The lowest BCUT2D eigenvalue weighted by molar-refractivity contribution is -0.256. The van der Waals surface area contributed by atoms with Gasteiger partial charge in [-0.05, 0) is 19.4 Å². The summed E-state index contributed by atoms with van der Waals surface area (Å²) in [6.07, 6.45) is -2.74. The van der Waals surface area contributed by atoms with Crippen molar-refractivity contribution in [2.24, 2.45) is 0 Å². The maximum atomic E-state index is 12.8. The zero-order valence-corrected chi connectivity index (χ0v) is 17.2. The van der Waals surface area contributed by atoms with E-state index in [0.29, 0.717) is 0 Å². The summed E-state index contributed by atoms with van der Waals surface area (Å²) in [6.45, 7) is 4.96. The first-order valence-electron chi connectivity index (χ1n) is 9.36. The third-order valence-electron chi connectivity index (χ3n) is 4.77. The van der Waals surface area contributed by atoms with Gasteiger partial charge in [0.15, 0.2) is 18.1 Å². The van der Waals surface area contributed by atoms with Gasteiger partial charge in [-0.2, -0.15) is 0 Å². The highest BCUT2D eigenvalue weighted by atomic mass is 16.8. The summed E-state index contributed by atoms with van der Waals surface area (Å²) in [5, 5.41) is 1.26.